The first kappa shape index (κ1) is 11.6. The van der Waals surface area contributed by atoms with E-state index < -0.39 is 17.9 Å². The second kappa shape index (κ2) is 3.50. The van der Waals surface area contributed by atoms with E-state index in [2.05, 4.69) is 5.10 Å². The number of aromatic nitrogens is 2. The third-order valence-corrected chi connectivity index (χ3v) is 3.60. The van der Waals surface area contributed by atoms with Crippen LogP contribution in [0, 0.1) is 0 Å². The van der Waals surface area contributed by atoms with E-state index in [-0.39, 0.29) is 12.3 Å². The topological polar surface area (TPSA) is 64.2 Å². The molecule has 3 rings (SSSR count). The fraction of sp³-hybridized carbons (Fsp3) is 0.636. The van der Waals surface area contributed by atoms with Crippen molar-refractivity contribution in [1.82, 2.24) is 9.78 Å². The number of amides is 1. The molecule has 1 aliphatic heterocycles. The van der Waals surface area contributed by atoms with Crippen LogP contribution in [0.15, 0.2) is 6.07 Å². The van der Waals surface area contributed by atoms with Gasteiger partial charge in [-0.3, -0.25) is 9.69 Å². The lowest BCUT2D eigenvalue weighted by Gasteiger charge is -2.16. The summed E-state index contributed by atoms with van der Waals surface area (Å²) in [6.07, 6.45) is 0.318. The molecule has 0 spiro atoms. The van der Waals surface area contributed by atoms with E-state index in [0.717, 1.165) is 0 Å². The molecule has 0 radical (unpaired) electrons. The summed E-state index contributed by atoms with van der Waals surface area (Å²) in [5, 5.41) is 4.17. The van der Waals surface area contributed by atoms with Crippen LogP contribution in [0.4, 0.5) is 14.6 Å². The van der Waals surface area contributed by atoms with Gasteiger partial charge in [-0.2, -0.15) is 5.10 Å². The van der Waals surface area contributed by atoms with Gasteiger partial charge in [-0.1, -0.05) is 0 Å². The molecule has 5 nitrogen and oxygen atoms in total. The number of hydrogen-bond acceptors (Lipinski definition) is 3. The van der Waals surface area contributed by atoms with Gasteiger partial charge in [0.1, 0.15) is 5.82 Å². The van der Waals surface area contributed by atoms with Crippen molar-refractivity contribution < 1.29 is 13.6 Å². The van der Waals surface area contributed by atoms with E-state index in [0.29, 0.717) is 24.5 Å². The monoisotopic (exact) mass is 256 g/mol. The summed E-state index contributed by atoms with van der Waals surface area (Å²) in [6.45, 7) is 0.477. The summed E-state index contributed by atoms with van der Waals surface area (Å²) in [5.74, 6) is -3.10. The first-order valence-corrected chi connectivity index (χ1v) is 5.89. The highest BCUT2D eigenvalue weighted by atomic mass is 19.3. The van der Waals surface area contributed by atoms with Crippen molar-refractivity contribution in [3.63, 3.8) is 0 Å². The van der Waals surface area contributed by atoms with Gasteiger partial charge in [0.15, 0.2) is 0 Å². The zero-order chi connectivity index (χ0) is 13.1. The summed E-state index contributed by atoms with van der Waals surface area (Å²) in [6, 6.07) is 1.02. The van der Waals surface area contributed by atoms with Crippen molar-refractivity contribution in [1.29, 1.82) is 0 Å². The smallest absolute Gasteiger partial charge is 0.257 e. The minimum absolute atomic E-state index is 0.152. The number of hydrogen-bond donors (Lipinski definition) is 1. The van der Waals surface area contributed by atoms with Gasteiger partial charge >= 0.3 is 0 Å². The van der Waals surface area contributed by atoms with E-state index in [9.17, 15) is 13.6 Å². The Morgan fingerprint density at radius 2 is 2.22 bits per heavy atom. The maximum Gasteiger partial charge on any atom is 0.257 e. The fourth-order valence-corrected chi connectivity index (χ4v) is 2.31. The highest BCUT2D eigenvalue weighted by Crippen LogP contribution is 2.55. The summed E-state index contributed by atoms with van der Waals surface area (Å²) in [4.78, 5) is 13.2. The average Bonchev–Trinajstić information content (AvgIpc) is 2.81. The van der Waals surface area contributed by atoms with Gasteiger partial charge in [0, 0.05) is 26.1 Å². The van der Waals surface area contributed by atoms with Gasteiger partial charge in [0.05, 0.1) is 17.7 Å². The van der Waals surface area contributed by atoms with Gasteiger partial charge in [0.2, 0.25) is 5.91 Å². The second-order valence-corrected chi connectivity index (χ2v) is 4.96. The Balaban J connectivity index is 1.94. The van der Waals surface area contributed by atoms with E-state index in [4.69, 9.17) is 5.73 Å². The molecule has 0 bridgehead atoms. The standard InChI is InChI=1S/C11H14F2N4O/c1-16-9-4-8(6-5-11(6,12)13)15-17(9)3-2-7(14)10(16)18/h4,6-7H,2-3,5,14H2,1H3/t6-,7?/m1/s1. The second-order valence-electron chi connectivity index (χ2n) is 4.96. The van der Waals surface area contributed by atoms with Gasteiger partial charge in [0.25, 0.3) is 5.92 Å². The van der Waals surface area contributed by atoms with Crippen LogP contribution < -0.4 is 10.6 Å². The van der Waals surface area contributed by atoms with Crippen molar-refractivity contribution >= 4 is 11.7 Å². The molecule has 1 saturated carbocycles. The molecule has 0 saturated heterocycles. The number of halogens is 2. The van der Waals surface area contributed by atoms with Crippen molar-refractivity contribution in [2.75, 3.05) is 11.9 Å². The number of carbonyl (C=O) groups excluding carboxylic acids is 1. The Bertz CT molecular complexity index is 513. The first-order chi connectivity index (χ1) is 8.40. The molecule has 1 unspecified atom stereocenters. The first-order valence-electron chi connectivity index (χ1n) is 5.89. The average molecular weight is 256 g/mol. The van der Waals surface area contributed by atoms with Crippen LogP contribution in [0.2, 0.25) is 0 Å². The van der Waals surface area contributed by atoms with Crippen LogP contribution in [-0.2, 0) is 11.3 Å². The molecule has 1 aromatic heterocycles. The molecule has 2 heterocycles. The number of fused-ring (bicyclic) bond motifs is 1. The number of aryl methyl sites for hydroxylation is 1. The predicted octanol–water partition coefficient (Wildman–Crippen LogP) is 0.699. The number of likely N-dealkylation sites (N-methyl/N-ethyl adjacent to an activating group) is 1. The van der Waals surface area contributed by atoms with Crippen molar-refractivity contribution in [3.8, 4) is 0 Å². The van der Waals surface area contributed by atoms with Crippen molar-refractivity contribution in [3.05, 3.63) is 11.8 Å². The molecule has 18 heavy (non-hydrogen) atoms. The van der Waals surface area contributed by atoms with Crippen LogP contribution in [0.5, 0.6) is 0 Å². The minimum Gasteiger partial charge on any atom is -0.320 e. The summed E-state index contributed by atoms with van der Waals surface area (Å²) in [5.41, 5.74) is 6.07. The van der Waals surface area contributed by atoms with Gasteiger partial charge in [-0.25, -0.2) is 13.5 Å². The van der Waals surface area contributed by atoms with Gasteiger partial charge < -0.3 is 5.73 Å². The maximum atomic E-state index is 13.0. The Morgan fingerprint density at radius 1 is 1.56 bits per heavy atom. The molecule has 98 valence electrons. The van der Waals surface area contributed by atoms with Crippen LogP contribution in [0.1, 0.15) is 24.5 Å². The molecule has 1 aliphatic carbocycles. The maximum absolute atomic E-state index is 13.0. The Kier molecular flexibility index (Phi) is 2.25. The molecule has 2 aliphatic rings. The molecule has 2 atom stereocenters. The normalized spacial score (nSPS) is 30.0. The number of rotatable bonds is 1. The lowest BCUT2D eigenvalue weighted by atomic mass is 10.2. The third-order valence-electron chi connectivity index (χ3n) is 3.60. The zero-order valence-electron chi connectivity index (χ0n) is 9.94. The van der Waals surface area contributed by atoms with Crippen molar-refractivity contribution in [2.45, 2.75) is 37.3 Å². The molecular formula is C11H14F2N4O. The summed E-state index contributed by atoms with van der Waals surface area (Å²) in [7, 11) is 1.59. The van der Waals surface area contributed by atoms with E-state index >= 15 is 0 Å². The SMILES string of the molecule is CN1C(=O)C(N)CCn2nc([C@H]3CC3(F)F)cc21. The van der Waals surface area contributed by atoms with Crippen LogP contribution in [0.3, 0.4) is 0 Å². The van der Waals surface area contributed by atoms with E-state index in [1.165, 1.54) is 4.90 Å². The zero-order valence-corrected chi connectivity index (χ0v) is 9.94. The molecule has 1 fully saturated rings. The Hall–Kier alpha value is -1.50. The molecular weight excluding hydrogens is 242 g/mol. The number of anilines is 1. The van der Waals surface area contributed by atoms with Crippen LogP contribution in [-0.4, -0.2) is 34.7 Å². The summed E-state index contributed by atoms with van der Waals surface area (Å²) >= 11 is 0. The lowest BCUT2D eigenvalue weighted by molar-refractivity contribution is -0.119. The largest absolute Gasteiger partial charge is 0.320 e. The molecule has 0 aromatic carbocycles. The fourth-order valence-electron chi connectivity index (χ4n) is 2.31. The Labute approximate surface area is 103 Å². The highest BCUT2D eigenvalue weighted by Gasteiger charge is 2.59. The van der Waals surface area contributed by atoms with Crippen LogP contribution in [0.25, 0.3) is 0 Å². The molecule has 1 aromatic rings. The van der Waals surface area contributed by atoms with E-state index in [1.807, 2.05) is 0 Å². The molecule has 7 heteroatoms. The summed E-state index contributed by atoms with van der Waals surface area (Å²) < 4.78 is 27.6. The molecule has 1 amide bonds. The Morgan fingerprint density at radius 3 is 2.83 bits per heavy atom. The lowest BCUT2D eigenvalue weighted by Crippen LogP contribution is -2.40. The number of carbonyl (C=O) groups is 1. The minimum atomic E-state index is -2.64. The predicted molar refractivity (Wildman–Crippen MR) is 60.5 cm³/mol. The number of nitrogens with two attached hydrogens (primary N) is 1. The molecule has 2 N–H and O–H groups in total. The van der Waals surface area contributed by atoms with Crippen LogP contribution >= 0.6 is 0 Å². The number of nitrogens with zero attached hydrogens (tertiary/aromatic N) is 3. The quantitative estimate of drug-likeness (QED) is 0.804. The number of alkyl halides is 2. The van der Waals surface area contributed by atoms with Crippen molar-refractivity contribution in [2.24, 2.45) is 5.73 Å². The van der Waals surface area contributed by atoms with Gasteiger partial charge in [-0.05, 0) is 6.42 Å². The highest BCUT2D eigenvalue weighted by molar-refractivity contribution is 5.96. The van der Waals surface area contributed by atoms with E-state index in [1.54, 1.807) is 17.8 Å². The van der Waals surface area contributed by atoms with Gasteiger partial charge in [-0.15, -0.1) is 0 Å². The third kappa shape index (κ3) is 1.61.